The van der Waals surface area contributed by atoms with Crippen LogP contribution in [0.2, 0.25) is 0 Å². The molecule has 0 amide bonds. The Morgan fingerprint density at radius 3 is 1.62 bits per heavy atom. The van der Waals surface area contributed by atoms with Crippen LogP contribution >= 0.6 is 58.0 Å². The standard InChI is InChI=1S/C5HCl5O3/c6-1(2(7)4(12)13)3(11)5(8,9)10/h(H,12,13). The summed E-state index contributed by atoms with van der Waals surface area (Å²) in [5, 5.41) is 6.60. The van der Waals surface area contributed by atoms with Crippen molar-refractivity contribution < 1.29 is 14.7 Å². The average Bonchev–Trinajstić information content (AvgIpc) is 1.98. The van der Waals surface area contributed by atoms with Crippen molar-refractivity contribution in [2.75, 3.05) is 0 Å². The van der Waals surface area contributed by atoms with Gasteiger partial charge >= 0.3 is 5.97 Å². The number of carboxylic acids is 1. The molecular weight excluding hydrogens is 285 g/mol. The number of hydrogen-bond donors (Lipinski definition) is 1. The van der Waals surface area contributed by atoms with E-state index in [4.69, 9.17) is 63.1 Å². The molecule has 0 saturated carbocycles. The molecule has 0 aliphatic heterocycles. The third-order valence-electron chi connectivity index (χ3n) is 0.837. The van der Waals surface area contributed by atoms with E-state index >= 15 is 0 Å². The molecule has 13 heavy (non-hydrogen) atoms. The molecule has 0 rings (SSSR count). The lowest BCUT2D eigenvalue weighted by Crippen LogP contribution is -2.20. The number of carbonyl (C=O) groups excluding carboxylic acids is 1. The van der Waals surface area contributed by atoms with E-state index < -0.39 is 25.6 Å². The molecular formula is C5HCl5O3. The Labute approximate surface area is 98.1 Å². The number of Topliss-reactive ketones (excluding diaryl/α,β-unsaturated/α-hetero) is 1. The Bertz CT molecular complexity index is 276. The van der Waals surface area contributed by atoms with Gasteiger partial charge < -0.3 is 5.11 Å². The zero-order valence-electron chi connectivity index (χ0n) is 5.65. The van der Waals surface area contributed by atoms with Crippen molar-refractivity contribution in [1.29, 1.82) is 0 Å². The monoisotopic (exact) mass is 284 g/mol. The summed E-state index contributed by atoms with van der Waals surface area (Å²) in [5.41, 5.74) is 0. The van der Waals surface area contributed by atoms with Crippen LogP contribution in [-0.2, 0) is 9.59 Å². The Balaban J connectivity index is 5.01. The summed E-state index contributed by atoms with van der Waals surface area (Å²) in [4.78, 5) is 21.2. The molecule has 0 aromatic heterocycles. The van der Waals surface area contributed by atoms with E-state index in [2.05, 4.69) is 0 Å². The van der Waals surface area contributed by atoms with Gasteiger partial charge in [0.15, 0.2) is 0 Å². The van der Waals surface area contributed by atoms with Gasteiger partial charge in [-0.25, -0.2) is 4.79 Å². The number of hydrogen-bond acceptors (Lipinski definition) is 2. The molecule has 0 spiro atoms. The van der Waals surface area contributed by atoms with Crippen LogP contribution in [0.3, 0.4) is 0 Å². The molecule has 74 valence electrons. The summed E-state index contributed by atoms with van der Waals surface area (Å²) >= 11 is 25.8. The summed E-state index contributed by atoms with van der Waals surface area (Å²) in [6.45, 7) is 0. The fourth-order valence-corrected chi connectivity index (χ4v) is 1.05. The number of halogens is 5. The first-order valence-electron chi connectivity index (χ1n) is 2.58. The number of alkyl halides is 3. The van der Waals surface area contributed by atoms with E-state index in [9.17, 15) is 9.59 Å². The lowest BCUT2D eigenvalue weighted by molar-refractivity contribution is -0.132. The van der Waals surface area contributed by atoms with Gasteiger partial charge in [-0.1, -0.05) is 58.0 Å². The first-order chi connectivity index (χ1) is 5.68. The third kappa shape index (κ3) is 3.92. The zero-order valence-corrected chi connectivity index (χ0v) is 9.43. The molecule has 0 saturated heterocycles. The minimum absolute atomic E-state index is 0.825. The molecule has 0 atom stereocenters. The molecule has 0 heterocycles. The summed E-state index contributed by atoms with van der Waals surface area (Å²) in [7, 11) is 0. The van der Waals surface area contributed by atoms with E-state index in [0.29, 0.717) is 0 Å². The Morgan fingerprint density at radius 1 is 1.00 bits per heavy atom. The molecule has 0 bridgehead atoms. The topological polar surface area (TPSA) is 54.4 Å². The van der Waals surface area contributed by atoms with Crippen LogP contribution < -0.4 is 0 Å². The molecule has 1 N–H and O–H groups in total. The van der Waals surface area contributed by atoms with Crippen LogP contribution in [0.1, 0.15) is 0 Å². The van der Waals surface area contributed by atoms with Gasteiger partial charge in [-0.15, -0.1) is 0 Å². The van der Waals surface area contributed by atoms with Crippen LogP contribution in [0.25, 0.3) is 0 Å². The Morgan fingerprint density at radius 2 is 1.38 bits per heavy atom. The van der Waals surface area contributed by atoms with E-state index in [0.717, 1.165) is 0 Å². The molecule has 0 aromatic rings. The molecule has 0 aliphatic carbocycles. The van der Waals surface area contributed by atoms with Crippen LogP contribution in [0.5, 0.6) is 0 Å². The van der Waals surface area contributed by atoms with Crippen LogP contribution in [-0.4, -0.2) is 20.7 Å². The molecule has 0 radical (unpaired) electrons. The predicted octanol–water partition coefficient (Wildman–Crippen LogP) is 2.70. The van der Waals surface area contributed by atoms with E-state index in [1.807, 2.05) is 0 Å². The number of carbonyl (C=O) groups is 2. The number of aliphatic carboxylic acids is 1. The Hall–Kier alpha value is 0.330. The van der Waals surface area contributed by atoms with Gasteiger partial charge in [-0.3, -0.25) is 4.79 Å². The summed E-state index contributed by atoms with van der Waals surface area (Å²) < 4.78 is -2.31. The van der Waals surface area contributed by atoms with E-state index in [1.165, 1.54) is 0 Å². The van der Waals surface area contributed by atoms with Gasteiger partial charge in [0.2, 0.25) is 5.78 Å². The van der Waals surface area contributed by atoms with Crippen molar-refractivity contribution in [2.45, 2.75) is 3.79 Å². The SMILES string of the molecule is O=C(O)C(Cl)=C(Cl)C(=O)C(Cl)(Cl)Cl. The summed E-state index contributed by atoms with van der Waals surface area (Å²) in [6, 6.07) is 0. The first-order valence-corrected chi connectivity index (χ1v) is 4.47. The predicted molar refractivity (Wildman–Crippen MR) is 51.7 cm³/mol. The molecule has 0 aromatic carbocycles. The van der Waals surface area contributed by atoms with Crippen molar-refractivity contribution >= 4 is 69.8 Å². The summed E-state index contributed by atoms with van der Waals surface area (Å²) in [6.07, 6.45) is 0. The highest BCUT2D eigenvalue weighted by Crippen LogP contribution is 2.33. The average molecular weight is 286 g/mol. The van der Waals surface area contributed by atoms with Gasteiger partial charge in [0, 0.05) is 0 Å². The number of carboxylic acid groups (broad SMARTS) is 1. The molecule has 0 fully saturated rings. The van der Waals surface area contributed by atoms with Gasteiger partial charge in [0.25, 0.3) is 3.79 Å². The quantitative estimate of drug-likeness (QED) is 0.627. The van der Waals surface area contributed by atoms with E-state index in [1.54, 1.807) is 0 Å². The maximum Gasteiger partial charge on any atom is 0.348 e. The largest absolute Gasteiger partial charge is 0.477 e. The van der Waals surface area contributed by atoms with Crippen LogP contribution in [0, 0.1) is 0 Å². The van der Waals surface area contributed by atoms with Gasteiger partial charge in [0.05, 0.1) is 0 Å². The van der Waals surface area contributed by atoms with Crippen LogP contribution in [0.4, 0.5) is 0 Å². The molecule has 3 nitrogen and oxygen atoms in total. The third-order valence-corrected chi connectivity index (χ3v) is 2.16. The van der Waals surface area contributed by atoms with Gasteiger partial charge in [-0.05, 0) is 0 Å². The minimum Gasteiger partial charge on any atom is -0.477 e. The maximum atomic E-state index is 11.0. The van der Waals surface area contributed by atoms with Crippen molar-refractivity contribution in [3.63, 3.8) is 0 Å². The fourth-order valence-electron chi connectivity index (χ4n) is 0.318. The number of allylic oxidation sites excluding steroid dienone is 1. The smallest absolute Gasteiger partial charge is 0.348 e. The maximum absolute atomic E-state index is 11.0. The lowest BCUT2D eigenvalue weighted by Gasteiger charge is -2.07. The molecule has 8 heteroatoms. The number of rotatable bonds is 2. The second-order valence-corrected chi connectivity index (χ2v) is 4.80. The highest BCUT2D eigenvalue weighted by atomic mass is 35.6. The normalized spacial score (nSPS) is 13.6. The van der Waals surface area contributed by atoms with Gasteiger partial charge in [0.1, 0.15) is 10.1 Å². The lowest BCUT2D eigenvalue weighted by atomic mass is 10.3. The number of ketones is 1. The molecule has 0 unspecified atom stereocenters. The summed E-state index contributed by atoms with van der Waals surface area (Å²) in [5.74, 6) is -2.76. The molecule has 0 aliphatic rings. The van der Waals surface area contributed by atoms with E-state index in [-0.39, 0.29) is 0 Å². The second kappa shape index (κ2) is 4.71. The van der Waals surface area contributed by atoms with Crippen molar-refractivity contribution in [2.24, 2.45) is 0 Å². The highest BCUT2D eigenvalue weighted by molar-refractivity contribution is 6.79. The van der Waals surface area contributed by atoms with Gasteiger partial charge in [-0.2, -0.15) is 0 Å². The Kier molecular flexibility index (Phi) is 4.83. The van der Waals surface area contributed by atoms with Crippen molar-refractivity contribution in [1.82, 2.24) is 0 Å². The van der Waals surface area contributed by atoms with Crippen molar-refractivity contribution in [3.05, 3.63) is 10.1 Å². The first kappa shape index (κ1) is 13.3. The zero-order chi connectivity index (χ0) is 10.8. The fraction of sp³-hybridized carbons (Fsp3) is 0.200. The van der Waals surface area contributed by atoms with Crippen LogP contribution in [0.15, 0.2) is 10.1 Å². The highest BCUT2D eigenvalue weighted by Gasteiger charge is 2.35. The van der Waals surface area contributed by atoms with Crippen molar-refractivity contribution in [3.8, 4) is 0 Å². The second-order valence-electron chi connectivity index (χ2n) is 1.76. The minimum atomic E-state index is -2.31.